The summed E-state index contributed by atoms with van der Waals surface area (Å²) in [4.78, 5) is 4.07. The minimum atomic E-state index is -0.468. The standard InChI is InChI=1S/C10H11NO/c1-2-5-10(12)8-9-6-3-4-7-11-9/h1,3-4,6-7,10,12H,5,8H2. The summed E-state index contributed by atoms with van der Waals surface area (Å²) in [5.41, 5.74) is 0.875. The third-order valence-electron chi connectivity index (χ3n) is 1.52. The first-order chi connectivity index (χ1) is 5.83. The molecule has 0 aliphatic rings. The Balaban J connectivity index is 2.48. The SMILES string of the molecule is C#CCC(O)Cc1ccccn1. The summed E-state index contributed by atoms with van der Waals surface area (Å²) in [5.74, 6) is 2.41. The molecule has 0 radical (unpaired) electrons. The topological polar surface area (TPSA) is 33.1 Å². The van der Waals surface area contributed by atoms with Crippen LogP contribution in [0.2, 0.25) is 0 Å². The molecule has 2 heteroatoms. The van der Waals surface area contributed by atoms with Crippen LogP contribution in [0.25, 0.3) is 0 Å². The number of aliphatic hydroxyl groups excluding tert-OH is 1. The first-order valence-corrected chi connectivity index (χ1v) is 3.84. The van der Waals surface area contributed by atoms with Crippen LogP contribution < -0.4 is 0 Å². The molecule has 0 aliphatic carbocycles. The highest BCUT2D eigenvalue weighted by Gasteiger charge is 2.03. The molecule has 0 amide bonds. The van der Waals surface area contributed by atoms with Gasteiger partial charge >= 0.3 is 0 Å². The summed E-state index contributed by atoms with van der Waals surface area (Å²) >= 11 is 0. The summed E-state index contributed by atoms with van der Waals surface area (Å²) in [5, 5.41) is 9.32. The van der Waals surface area contributed by atoms with Crippen molar-refractivity contribution in [3.8, 4) is 12.3 Å². The number of pyridine rings is 1. The minimum absolute atomic E-state index is 0.385. The minimum Gasteiger partial charge on any atom is -0.392 e. The van der Waals surface area contributed by atoms with Gasteiger partial charge in [-0.3, -0.25) is 4.98 Å². The molecule has 0 saturated carbocycles. The third kappa shape index (κ3) is 2.73. The lowest BCUT2D eigenvalue weighted by Gasteiger charge is -2.04. The monoisotopic (exact) mass is 161 g/mol. The Kier molecular flexibility index (Phi) is 3.31. The van der Waals surface area contributed by atoms with Gasteiger partial charge in [-0.2, -0.15) is 0 Å². The molecular weight excluding hydrogens is 150 g/mol. The Morgan fingerprint density at radius 3 is 3.00 bits per heavy atom. The first kappa shape index (κ1) is 8.76. The summed E-state index contributed by atoms with van der Waals surface area (Å²) in [7, 11) is 0. The Labute approximate surface area is 72.3 Å². The van der Waals surface area contributed by atoms with E-state index < -0.39 is 6.10 Å². The Hall–Kier alpha value is -1.33. The van der Waals surface area contributed by atoms with Gasteiger partial charge in [0.15, 0.2) is 0 Å². The van der Waals surface area contributed by atoms with Gasteiger partial charge in [-0.25, -0.2) is 0 Å². The molecule has 1 heterocycles. The highest BCUT2D eigenvalue weighted by atomic mass is 16.3. The Morgan fingerprint density at radius 1 is 1.58 bits per heavy atom. The molecule has 1 unspecified atom stereocenters. The number of rotatable bonds is 3. The first-order valence-electron chi connectivity index (χ1n) is 3.84. The Morgan fingerprint density at radius 2 is 2.42 bits per heavy atom. The Bertz CT molecular complexity index is 263. The molecule has 0 bridgehead atoms. The summed E-state index contributed by atoms with van der Waals surface area (Å²) < 4.78 is 0. The van der Waals surface area contributed by atoms with Gasteiger partial charge in [0.05, 0.1) is 6.10 Å². The van der Waals surface area contributed by atoms with E-state index in [1.165, 1.54) is 0 Å². The van der Waals surface area contributed by atoms with Gasteiger partial charge in [0, 0.05) is 24.7 Å². The summed E-state index contributed by atoms with van der Waals surface area (Å²) in [6.45, 7) is 0. The van der Waals surface area contributed by atoms with Gasteiger partial charge in [-0.05, 0) is 12.1 Å². The van der Waals surface area contributed by atoms with E-state index in [1.807, 2.05) is 18.2 Å². The van der Waals surface area contributed by atoms with E-state index in [4.69, 9.17) is 6.42 Å². The second-order valence-electron chi connectivity index (χ2n) is 2.59. The molecule has 0 saturated heterocycles. The van der Waals surface area contributed by atoms with E-state index in [9.17, 15) is 5.11 Å². The number of aromatic nitrogens is 1. The lowest BCUT2D eigenvalue weighted by molar-refractivity contribution is 0.179. The number of terminal acetylenes is 1. The second-order valence-corrected chi connectivity index (χ2v) is 2.59. The van der Waals surface area contributed by atoms with E-state index in [0.29, 0.717) is 12.8 Å². The molecule has 1 N–H and O–H groups in total. The van der Waals surface area contributed by atoms with E-state index in [-0.39, 0.29) is 0 Å². The average Bonchev–Trinajstić information content (AvgIpc) is 2.06. The zero-order valence-electron chi connectivity index (χ0n) is 6.77. The van der Waals surface area contributed by atoms with Crippen LogP contribution in [-0.2, 0) is 6.42 Å². The maximum absolute atomic E-state index is 9.32. The lowest BCUT2D eigenvalue weighted by Crippen LogP contribution is -2.09. The predicted molar refractivity (Wildman–Crippen MR) is 47.4 cm³/mol. The fraction of sp³-hybridized carbons (Fsp3) is 0.300. The van der Waals surface area contributed by atoms with Crippen molar-refractivity contribution in [3.63, 3.8) is 0 Å². The normalized spacial score (nSPS) is 12.0. The molecule has 0 aromatic carbocycles. The van der Waals surface area contributed by atoms with Crippen molar-refractivity contribution < 1.29 is 5.11 Å². The van der Waals surface area contributed by atoms with Crippen molar-refractivity contribution in [2.24, 2.45) is 0 Å². The van der Waals surface area contributed by atoms with E-state index in [2.05, 4.69) is 10.9 Å². The van der Waals surface area contributed by atoms with Crippen LogP contribution in [0, 0.1) is 12.3 Å². The van der Waals surface area contributed by atoms with Crippen LogP contribution in [0.3, 0.4) is 0 Å². The van der Waals surface area contributed by atoms with Crippen LogP contribution >= 0.6 is 0 Å². The van der Waals surface area contributed by atoms with Gasteiger partial charge in [0.1, 0.15) is 0 Å². The molecule has 2 nitrogen and oxygen atoms in total. The summed E-state index contributed by atoms with van der Waals surface area (Å²) in [6.07, 6.45) is 7.21. The summed E-state index contributed by atoms with van der Waals surface area (Å²) in [6, 6.07) is 5.61. The van der Waals surface area contributed by atoms with E-state index in [0.717, 1.165) is 5.69 Å². The van der Waals surface area contributed by atoms with Crippen LogP contribution in [0.1, 0.15) is 12.1 Å². The van der Waals surface area contributed by atoms with Gasteiger partial charge in [0.25, 0.3) is 0 Å². The van der Waals surface area contributed by atoms with Crippen molar-refractivity contribution in [2.75, 3.05) is 0 Å². The zero-order valence-corrected chi connectivity index (χ0v) is 6.77. The van der Waals surface area contributed by atoms with Crippen LogP contribution in [0.15, 0.2) is 24.4 Å². The molecular formula is C10H11NO. The zero-order chi connectivity index (χ0) is 8.81. The number of hydrogen-bond donors (Lipinski definition) is 1. The quantitative estimate of drug-likeness (QED) is 0.671. The largest absolute Gasteiger partial charge is 0.392 e. The third-order valence-corrected chi connectivity index (χ3v) is 1.52. The van der Waals surface area contributed by atoms with Gasteiger partial charge in [0.2, 0.25) is 0 Å². The van der Waals surface area contributed by atoms with Crippen molar-refractivity contribution in [3.05, 3.63) is 30.1 Å². The molecule has 1 rings (SSSR count). The second kappa shape index (κ2) is 4.53. The van der Waals surface area contributed by atoms with Crippen LogP contribution in [-0.4, -0.2) is 16.2 Å². The molecule has 12 heavy (non-hydrogen) atoms. The molecule has 62 valence electrons. The fourth-order valence-corrected chi connectivity index (χ4v) is 0.968. The number of nitrogens with zero attached hydrogens (tertiary/aromatic N) is 1. The number of hydrogen-bond acceptors (Lipinski definition) is 2. The van der Waals surface area contributed by atoms with Crippen molar-refractivity contribution >= 4 is 0 Å². The molecule has 0 fully saturated rings. The molecule has 0 aliphatic heterocycles. The highest BCUT2D eigenvalue weighted by Crippen LogP contribution is 2.01. The maximum Gasteiger partial charge on any atom is 0.0704 e. The fourth-order valence-electron chi connectivity index (χ4n) is 0.968. The van der Waals surface area contributed by atoms with Crippen molar-refractivity contribution in [1.29, 1.82) is 0 Å². The smallest absolute Gasteiger partial charge is 0.0704 e. The molecule has 1 aromatic heterocycles. The van der Waals surface area contributed by atoms with Gasteiger partial charge in [-0.15, -0.1) is 12.3 Å². The van der Waals surface area contributed by atoms with Crippen LogP contribution in [0.4, 0.5) is 0 Å². The van der Waals surface area contributed by atoms with Gasteiger partial charge in [-0.1, -0.05) is 6.07 Å². The predicted octanol–water partition coefficient (Wildman–Crippen LogP) is 1.01. The van der Waals surface area contributed by atoms with Crippen molar-refractivity contribution in [1.82, 2.24) is 4.98 Å². The molecule has 1 atom stereocenters. The van der Waals surface area contributed by atoms with E-state index >= 15 is 0 Å². The highest BCUT2D eigenvalue weighted by molar-refractivity contribution is 5.05. The van der Waals surface area contributed by atoms with Crippen molar-refractivity contribution in [2.45, 2.75) is 18.9 Å². The van der Waals surface area contributed by atoms with E-state index in [1.54, 1.807) is 6.20 Å². The average molecular weight is 161 g/mol. The maximum atomic E-state index is 9.32. The molecule has 1 aromatic rings. The lowest BCUT2D eigenvalue weighted by atomic mass is 10.1. The van der Waals surface area contributed by atoms with Crippen LogP contribution in [0.5, 0.6) is 0 Å². The molecule has 0 spiro atoms. The van der Waals surface area contributed by atoms with Gasteiger partial charge < -0.3 is 5.11 Å². The number of aliphatic hydroxyl groups is 1.